The topological polar surface area (TPSA) is 155 Å². The first-order valence-electron chi connectivity index (χ1n) is 23.4. The molecular weight excluding hydrogens is 885 g/mol. The average molecular weight is 949 g/mol. The number of fused-ring (bicyclic) bond motifs is 2. The molecule has 0 aliphatic carbocycles. The average Bonchev–Trinajstić information content (AvgIpc) is 3.80. The van der Waals surface area contributed by atoms with E-state index in [1.165, 1.54) is 8.61 Å². The Morgan fingerprint density at radius 3 is 2.18 bits per heavy atom. The molecule has 0 bridgehead atoms. The van der Waals surface area contributed by atoms with Crippen LogP contribution in [0.3, 0.4) is 0 Å². The summed E-state index contributed by atoms with van der Waals surface area (Å²) in [6, 6.07) is 28.0. The Morgan fingerprint density at radius 1 is 0.809 bits per heavy atom. The van der Waals surface area contributed by atoms with Crippen molar-refractivity contribution in [1.82, 2.24) is 32.8 Å². The molecule has 0 atom stereocenters. The van der Waals surface area contributed by atoms with E-state index in [0.29, 0.717) is 90.6 Å². The van der Waals surface area contributed by atoms with Crippen LogP contribution in [0.1, 0.15) is 54.6 Å². The molecule has 4 aromatic carbocycles. The van der Waals surface area contributed by atoms with Crippen LogP contribution in [-0.2, 0) is 41.6 Å². The van der Waals surface area contributed by atoms with Crippen LogP contribution in [0.15, 0.2) is 84.9 Å². The molecule has 1 N–H and O–H groups in total. The van der Waals surface area contributed by atoms with Gasteiger partial charge >= 0.3 is 12.1 Å². The SMILES string of the molecule is Cc1nn(C)c(COc2ccc(N3CCN(S(=O)(=O)N(C)C)CC3)cc2)c1-c1cccc2c(CCCOc3cccc4ccccc34)c(C(=O)O)n(CCN3CCN(C(=O)OC(C)(C)C)CC3)c12. The smallest absolute Gasteiger partial charge is 0.410 e. The molecule has 0 unspecified atom stereocenters. The number of aromatic nitrogens is 3. The zero-order valence-electron chi connectivity index (χ0n) is 40.3. The predicted molar refractivity (Wildman–Crippen MR) is 265 cm³/mol. The highest BCUT2D eigenvalue weighted by Gasteiger charge is 2.31. The van der Waals surface area contributed by atoms with E-state index >= 15 is 0 Å². The summed E-state index contributed by atoms with van der Waals surface area (Å²) in [4.78, 5) is 32.6. The fourth-order valence-corrected chi connectivity index (χ4v) is 10.5. The third-order valence-electron chi connectivity index (χ3n) is 12.8. The number of ether oxygens (including phenoxy) is 3. The predicted octanol–water partition coefficient (Wildman–Crippen LogP) is 7.27. The molecule has 17 heteroatoms. The first-order chi connectivity index (χ1) is 32.5. The summed E-state index contributed by atoms with van der Waals surface area (Å²) >= 11 is 0. The second-order valence-electron chi connectivity index (χ2n) is 18.7. The lowest BCUT2D eigenvalue weighted by molar-refractivity contribution is 0.0142. The van der Waals surface area contributed by atoms with E-state index in [1.807, 2.05) is 117 Å². The maximum atomic E-state index is 13.6. The van der Waals surface area contributed by atoms with Crippen LogP contribution < -0.4 is 14.4 Å². The summed E-state index contributed by atoms with van der Waals surface area (Å²) < 4.78 is 50.3. The monoisotopic (exact) mass is 948 g/mol. The van der Waals surface area contributed by atoms with E-state index < -0.39 is 21.8 Å². The van der Waals surface area contributed by atoms with Crippen molar-refractivity contribution in [3.05, 3.63) is 108 Å². The number of carboxylic acid groups (broad SMARTS) is 1. The number of carbonyl (C=O) groups is 2. The number of benzene rings is 4. The van der Waals surface area contributed by atoms with Gasteiger partial charge in [0, 0.05) is 114 Å². The van der Waals surface area contributed by atoms with Gasteiger partial charge in [-0.25, -0.2) is 9.59 Å². The lowest BCUT2D eigenvalue weighted by atomic mass is 9.98. The molecule has 2 aromatic heterocycles. The van der Waals surface area contributed by atoms with Crippen LogP contribution in [0, 0.1) is 6.92 Å². The molecule has 2 aliphatic heterocycles. The molecule has 0 saturated carbocycles. The minimum Gasteiger partial charge on any atom is -0.493 e. The summed E-state index contributed by atoms with van der Waals surface area (Å²) in [6.45, 7) is 13.4. The Labute approximate surface area is 399 Å². The van der Waals surface area contributed by atoms with Gasteiger partial charge in [-0.2, -0.15) is 22.1 Å². The van der Waals surface area contributed by atoms with E-state index in [-0.39, 0.29) is 18.4 Å². The molecule has 2 fully saturated rings. The van der Waals surface area contributed by atoms with E-state index in [0.717, 1.165) is 61.2 Å². The number of piperazine rings is 2. The fraction of sp³-hybridized carbons (Fsp3) is 0.431. The lowest BCUT2D eigenvalue weighted by Crippen LogP contribution is -2.51. The molecule has 0 spiro atoms. The van der Waals surface area contributed by atoms with Gasteiger partial charge in [0.05, 0.1) is 23.5 Å². The Kier molecular flexibility index (Phi) is 14.4. The van der Waals surface area contributed by atoms with Crippen molar-refractivity contribution >= 4 is 49.6 Å². The number of aromatic carboxylic acids is 1. The third-order valence-corrected chi connectivity index (χ3v) is 14.8. The molecule has 16 nitrogen and oxygen atoms in total. The van der Waals surface area contributed by atoms with Crippen LogP contribution >= 0.6 is 0 Å². The van der Waals surface area contributed by atoms with Crippen LogP contribution in [0.5, 0.6) is 11.5 Å². The number of hydrogen-bond acceptors (Lipinski definition) is 10. The number of aryl methyl sites for hydroxylation is 3. The molecule has 362 valence electrons. The molecule has 0 radical (unpaired) electrons. The van der Waals surface area contributed by atoms with Crippen LogP contribution in [0.25, 0.3) is 32.8 Å². The van der Waals surface area contributed by atoms with Gasteiger partial charge in [0.2, 0.25) is 0 Å². The fourth-order valence-electron chi connectivity index (χ4n) is 9.41. The summed E-state index contributed by atoms with van der Waals surface area (Å²) in [5.41, 5.74) is 5.61. The summed E-state index contributed by atoms with van der Waals surface area (Å²) in [5.74, 6) is 0.466. The van der Waals surface area contributed by atoms with Crippen molar-refractivity contribution in [2.75, 3.05) is 84.5 Å². The van der Waals surface area contributed by atoms with E-state index in [4.69, 9.17) is 19.3 Å². The van der Waals surface area contributed by atoms with Crippen molar-refractivity contribution in [3.8, 4) is 22.6 Å². The van der Waals surface area contributed by atoms with Crippen molar-refractivity contribution in [3.63, 3.8) is 0 Å². The Balaban J connectivity index is 1.06. The number of nitrogens with zero attached hydrogens (tertiary/aromatic N) is 8. The van der Waals surface area contributed by atoms with Gasteiger partial charge in [-0.1, -0.05) is 54.6 Å². The van der Waals surface area contributed by atoms with Crippen LogP contribution in [-0.4, -0.2) is 144 Å². The van der Waals surface area contributed by atoms with Gasteiger partial charge in [-0.3, -0.25) is 9.58 Å². The molecule has 2 aliphatic rings. The number of amides is 1. The van der Waals surface area contributed by atoms with Gasteiger partial charge in [0.15, 0.2) is 0 Å². The first-order valence-corrected chi connectivity index (χ1v) is 24.8. The summed E-state index contributed by atoms with van der Waals surface area (Å²) in [7, 11) is 1.54. The molecule has 4 heterocycles. The Hall–Kier alpha value is -6.14. The highest BCUT2D eigenvalue weighted by molar-refractivity contribution is 7.86. The maximum absolute atomic E-state index is 13.6. The number of carboxylic acids is 1. The molecule has 6 aromatic rings. The van der Waals surface area contributed by atoms with Gasteiger partial charge < -0.3 is 33.7 Å². The van der Waals surface area contributed by atoms with E-state index in [9.17, 15) is 23.1 Å². The Bertz CT molecular complexity index is 2870. The molecule has 68 heavy (non-hydrogen) atoms. The number of carbonyl (C=O) groups excluding carboxylic acids is 1. The lowest BCUT2D eigenvalue weighted by Gasteiger charge is -2.36. The highest BCUT2D eigenvalue weighted by Crippen LogP contribution is 2.39. The first kappa shape index (κ1) is 48.3. The van der Waals surface area contributed by atoms with Crippen molar-refractivity contribution in [2.24, 2.45) is 7.05 Å². The minimum absolute atomic E-state index is 0.205. The summed E-state index contributed by atoms with van der Waals surface area (Å²) in [6.07, 6.45) is 0.754. The summed E-state index contributed by atoms with van der Waals surface area (Å²) in [5, 5.41) is 18.9. The number of anilines is 1. The van der Waals surface area contributed by atoms with Gasteiger partial charge in [-0.15, -0.1) is 0 Å². The second kappa shape index (κ2) is 20.2. The molecule has 1 amide bonds. The highest BCUT2D eigenvalue weighted by atomic mass is 32.2. The van der Waals surface area contributed by atoms with Gasteiger partial charge in [0.25, 0.3) is 10.2 Å². The number of hydrogen-bond donors (Lipinski definition) is 1. The second-order valence-corrected chi connectivity index (χ2v) is 20.9. The zero-order chi connectivity index (χ0) is 48.3. The quantitative estimate of drug-likeness (QED) is 0.0975. The standard InChI is InChI=1S/C51H64N8O8S/c1-36-46(44(54(7)52-36)35-66-39-22-20-38(21-23-39)56-29-31-58(32-30-56)68(63,64)53(5)6)43-17-11-16-41-42(18-12-34-65-45-19-10-14-37-13-8-9-15-40(37)45)48(49(60)61)59(47(41)43)33-26-55-24-27-57(28-25-55)50(62)67-51(2,3)4/h8-11,13-17,19-23H,12,18,24-35H2,1-7H3,(H,60,61). The number of para-hydroxylation sites is 1. The normalized spacial score (nSPS) is 15.4. The van der Waals surface area contributed by atoms with Crippen LogP contribution in [0.4, 0.5) is 10.5 Å². The minimum atomic E-state index is -3.46. The third kappa shape index (κ3) is 10.5. The number of rotatable bonds is 16. The molecule has 8 rings (SSSR count). The van der Waals surface area contributed by atoms with Crippen molar-refractivity contribution in [2.45, 2.75) is 59.3 Å². The molecular formula is C51H64N8O8S. The van der Waals surface area contributed by atoms with Crippen molar-refractivity contribution < 1.29 is 37.3 Å². The Morgan fingerprint density at radius 2 is 1.49 bits per heavy atom. The van der Waals surface area contributed by atoms with Gasteiger partial charge in [-0.05, 0) is 81.8 Å². The van der Waals surface area contributed by atoms with Gasteiger partial charge in [0.1, 0.15) is 29.4 Å². The maximum Gasteiger partial charge on any atom is 0.410 e. The van der Waals surface area contributed by atoms with E-state index in [1.54, 1.807) is 19.0 Å². The zero-order valence-corrected chi connectivity index (χ0v) is 41.1. The van der Waals surface area contributed by atoms with Crippen LogP contribution in [0.2, 0.25) is 0 Å². The molecule has 2 saturated heterocycles. The van der Waals surface area contributed by atoms with E-state index in [2.05, 4.69) is 21.9 Å². The largest absolute Gasteiger partial charge is 0.493 e. The van der Waals surface area contributed by atoms with Crippen molar-refractivity contribution in [1.29, 1.82) is 0 Å².